The van der Waals surface area contributed by atoms with Crippen LogP contribution in [0.15, 0.2) is 58.3 Å². The van der Waals surface area contributed by atoms with Crippen LogP contribution in [0.2, 0.25) is 0 Å². The Kier molecular flexibility index (Phi) is 2.67. The molecule has 3 rings (SSSR count). The van der Waals surface area contributed by atoms with Crippen molar-refractivity contribution in [3.63, 3.8) is 0 Å². The molecule has 1 unspecified atom stereocenters. The van der Waals surface area contributed by atoms with E-state index in [-0.39, 0.29) is 5.60 Å². The molecule has 1 aliphatic heterocycles. The van der Waals surface area contributed by atoms with Crippen molar-refractivity contribution in [2.75, 3.05) is 0 Å². The molecule has 0 amide bonds. The number of rotatable bonds is 2. The Balaban J connectivity index is 1.84. The largest absolute Gasteiger partial charge is 0.463 e. The van der Waals surface area contributed by atoms with E-state index in [2.05, 4.69) is 24.2 Å². The fraction of sp³-hybridized carbons (Fsp3) is 0.267. The van der Waals surface area contributed by atoms with Crippen LogP contribution in [0.1, 0.15) is 31.1 Å². The lowest BCUT2D eigenvalue weighted by atomic mass is 9.89. The molecule has 0 N–H and O–H groups in total. The fourth-order valence-electron chi connectivity index (χ4n) is 2.20. The number of oxime groups is 1. The summed E-state index contributed by atoms with van der Waals surface area (Å²) in [6, 6.07) is 14.0. The lowest BCUT2D eigenvalue weighted by Crippen LogP contribution is -2.29. The maximum Gasteiger partial charge on any atom is 0.160 e. The third-order valence-electron chi connectivity index (χ3n) is 3.39. The maximum atomic E-state index is 5.72. The first kappa shape index (κ1) is 11.1. The third-order valence-corrected chi connectivity index (χ3v) is 3.39. The summed E-state index contributed by atoms with van der Waals surface area (Å²) in [5.74, 6) is 0.796. The summed E-state index contributed by atoms with van der Waals surface area (Å²) < 4.78 is 5.34. The van der Waals surface area contributed by atoms with E-state index >= 15 is 0 Å². The summed E-state index contributed by atoms with van der Waals surface area (Å²) in [6.45, 7) is 2.07. The second-order valence-electron chi connectivity index (χ2n) is 4.70. The molecule has 2 aromatic rings. The van der Waals surface area contributed by atoms with Gasteiger partial charge in [-0.05, 0) is 31.0 Å². The summed E-state index contributed by atoms with van der Waals surface area (Å²) in [5.41, 5.74) is 1.71. The number of furan rings is 1. The van der Waals surface area contributed by atoms with Crippen molar-refractivity contribution >= 4 is 5.71 Å². The number of benzene rings is 1. The van der Waals surface area contributed by atoms with Crippen molar-refractivity contribution in [2.24, 2.45) is 5.16 Å². The summed E-state index contributed by atoms with van der Waals surface area (Å²) in [7, 11) is 0. The van der Waals surface area contributed by atoms with E-state index in [0.29, 0.717) is 0 Å². The predicted octanol–water partition coefficient (Wildman–Crippen LogP) is 3.71. The van der Waals surface area contributed by atoms with Crippen molar-refractivity contribution in [1.82, 2.24) is 0 Å². The molecule has 0 spiro atoms. The zero-order valence-corrected chi connectivity index (χ0v) is 10.3. The first-order chi connectivity index (χ1) is 8.78. The van der Waals surface area contributed by atoms with Crippen LogP contribution < -0.4 is 0 Å². The van der Waals surface area contributed by atoms with Crippen LogP contribution in [0.3, 0.4) is 0 Å². The van der Waals surface area contributed by atoms with Gasteiger partial charge in [0.15, 0.2) is 11.4 Å². The first-order valence-corrected chi connectivity index (χ1v) is 6.12. The van der Waals surface area contributed by atoms with E-state index in [4.69, 9.17) is 9.25 Å². The molecule has 18 heavy (non-hydrogen) atoms. The zero-order valence-electron chi connectivity index (χ0n) is 10.3. The molecule has 0 fully saturated rings. The van der Waals surface area contributed by atoms with Crippen LogP contribution in [-0.4, -0.2) is 5.71 Å². The molecule has 1 atom stereocenters. The Hall–Kier alpha value is -2.03. The minimum atomic E-state index is -0.336. The Morgan fingerprint density at radius 3 is 2.56 bits per heavy atom. The van der Waals surface area contributed by atoms with Crippen molar-refractivity contribution in [2.45, 2.75) is 25.4 Å². The van der Waals surface area contributed by atoms with Crippen LogP contribution in [0, 0.1) is 0 Å². The van der Waals surface area contributed by atoms with Gasteiger partial charge in [0.2, 0.25) is 0 Å². The molecule has 92 valence electrons. The van der Waals surface area contributed by atoms with Crippen LogP contribution in [0.5, 0.6) is 0 Å². The topological polar surface area (TPSA) is 34.7 Å². The smallest absolute Gasteiger partial charge is 0.160 e. The average Bonchev–Trinajstić information content (AvgIpc) is 2.95. The van der Waals surface area contributed by atoms with Crippen molar-refractivity contribution in [3.8, 4) is 0 Å². The minimum Gasteiger partial charge on any atom is -0.463 e. The molecule has 1 aliphatic rings. The highest BCUT2D eigenvalue weighted by molar-refractivity contribution is 5.98. The zero-order chi connectivity index (χ0) is 12.4. The van der Waals surface area contributed by atoms with Crippen molar-refractivity contribution < 1.29 is 9.25 Å². The molecule has 3 nitrogen and oxygen atoms in total. The van der Waals surface area contributed by atoms with Gasteiger partial charge in [0.1, 0.15) is 5.71 Å². The van der Waals surface area contributed by atoms with Gasteiger partial charge < -0.3 is 9.25 Å². The standard InChI is InChI=1S/C15H15NO2/c1-15(12-6-3-2-4-7-12)10-9-13(16-18-15)14-8-5-11-17-14/h2-8,11H,9-10H2,1H3. The molecule has 0 saturated carbocycles. The minimum absolute atomic E-state index is 0.336. The molecule has 0 radical (unpaired) electrons. The van der Waals surface area contributed by atoms with Gasteiger partial charge in [0.25, 0.3) is 0 Å². The Labute approximate surface area is 106 Å². The van der Waals surface area contributed by atoms with Crippen LogP contribution >= 0.6 is 0 Å². The van der Waals surface area contributed by atoms with E-state index in [1.165, 1.54) is 0 Å². The highest BCUT2D eigenvalue weighted by Crippen LogP contribution is 2.34. The van der Waals surface area contributed by atoms with E-state index in [0.717, 1.165) is 29.9 Å². The molecule has 2 heterocycles. The second-order valence-corrected chi connectivity index (χ2v) is 4.70. The van der Waals surface area contributed by atoms with Gasteiger partial charge in [-0.15, -0.1) is 0 Å². The third kappa shape index (κ3) is 1.92. The van der Waals surface area contributed by atoms with Gasteiger partial charge in [0, 0.05) is 6.42 Å². The van der Waals surface area contributed by atoms with Gasteiger partial charge >= 0.3 is 0 Å². The second kappa shape index (κ2) is 4.33. The van der Waals surface area contributed by atoms with Gasteiger partial charge in [-0.3, -0.25) is 0 Å². The lowest BCUT2D eigenvalue weighted by Gasteiger charge is -2.31. The molecule has 1 aromatic heterocycles. The van der Waals surface area contributed by atoms with Gasteiger partial charge in [-0.2, -0.15) is 0 Å². The number of hydrogen-bond donors (Lipinski definition) is 0. The molecule has 1 aromatic carbocycles. The molecule has 0 saturated heterocycles. The summed E-state index contributed by atoms with van der Waals surface area (Å²) in [6.07, 6.45) is 3.41. The lowest BCUT2D eigenvalue weighted by molar-refractivity contribution is -0.0484. The van der Waals surface area contributed by atoms with Gasteiger partial charge in [-0.25, -0.2) is 0 Å². The quantitative estimate of drug-likeness (QED) is 0.803. The maximum absolute atomic E-state index is 5.72. The Morgan fingerprint density at radius 2 is 1.94 bits per heavy atom. The molecular formula is C15H15NO2. The average molecular weight is 241 g/mol. The van der Waals surface area contributed by atoms with Crippen LogP contribution in [0.4, 0.5) is 0 Å². The van der Waals surface area contributed by atoms with E-state index in [1.807, 2.05) is 30.3 Å². The van der Waals surface area contributed by atoms with E-state index in [9.17, 15) is 0 Å². The molecule has 0 bridgehead atoms. The summed E-state index contributed by atoms with van der Waals surface area (Å²) >= 11 is 0. The van der Waals surface area contributed by atoms with Crippen LogP contribution in [0.25, 0.3) is 0 Å². The first-order valence-electron chi connectivity index (χ1n) is 6.12. The predicted molar refractivity (Wildman–Crippen MR) is 69.4 cm³/mol. The Morgan fingerprint density at radius 1 is 1.11 bits per heavy atom. The van der Waals surface area contributed by atoms with Crippen molar-refractivity contribution in [3.05, 3.63) is 60.1 Å². The SMILES string of the molecule is CC1(c2ccccc2)CCC(c2ccco2)=NO1. The van der Waals surface area contributed by atoms with Gasteiger partial charge in [0.05, 0.1) is 6.26 Å². The normalized spacial score (nSPS) is 23.3. The molecule has 0 aliphatic carbocycles. The summed E-state index contributed by atoms with van der Waals surface area (Å²) in [4.78, 5) is 5.72. The van der Waals surface area contributed by atoms with Gasteiger partial charge in [-0.1, -0.05) is 35.5 Å². The van der Waals surface area contributed by atoms with Crippen molar-refractivity contribution in [1.29, 1.82) is 0 Å². The monoisotopic (exact) mass is 241 g/mol. The number of nitrogens with zero attached hydrogens (tertiary/aromatic N) is 1. The van der Waals surface area contributed by atoms with E-state index in [1.54, 1.807) is 6.26 Å². The Bertz CT molecular complexity index is 545. The number of hydrogen-bond acceptors (Lipinski definition) is 3. The fourth-order valence-corrected chi connectivity index (χ4v) is 2.20. The highest BCUT2D eigenvalue weighted by Gasteiger charge is 2.33. The van der Waals surface area contributed by atoms with E-state index < -0.39 is 0 Å². The molecular weight excluding hydrogens is 226 g/mol. The van der Waals surface area contributed by atoms with Crippen LogP contribution in [-0.2, 0) is 10.4 Å². The molecule has 3 heteroatoms. The summed E-state index contributed by atoms with van der Waals surface area (Å²) in [5, 5.41) is 4.22. The highest BCUT2D eigenvalue weighted by atomic mass is 16.7.